The van der Waals surface area contributed by atoms with Gasteiger partial charge in [0.2, 0.25) is 0 Å². The fourth-order valence-corrected chi connectivity index (χ4v) is 3.85. The summed E-state index contributed by atoms with van der Waals surface area (Å²) in [4.78, 5) is 34.2. The molecular formula is C23H24ClN3O4. The zero-order valence-corrected chi connectivity index (χ0v) is 17.6. The highest BCUT2D eigenvalue weighted by Crippen LogP contribution is 2.20. The molecule has 0 radical (unpaired) electrons. The molecule has 31 heavy (non-hydrogen) atoms. The van der Waals surface area contributed by atoms with E-state index < -0.39 is 24.0 Å². The van der Waals surface area contributed by atoms with Gasteiger partial charge in [-0.3, -0.25) is 14.4 Å². The fraction of sp³-hybridized carbons (Fsp3) is 0.304. The Labute approximate surface area is 184 Å². The monoisotopic (exact) mass is 441 g/mol. The van der Waals surface area contributed by atoms with Gasteiger partial charge in [0.05, 0.1) is 12.6 Å². The first kappa shape index (κ1) is 21.4. The summed E-state index contributed by atoms with van der Waals surface area (Å²) in [6, 6.07) is 15.6. The topological polar surface area (TPSA) is 94.7 Å². The summed E-state index contributed by atoms with van der Waals surface area (Å²) in [5.41, 5.74) is 1.99. The number of nitrogens with one attached hydrogen (secondary N) is 2. The van der Waals surface area contributed by atoms with Crippen LogP contribution >= 0.6 is 11.6 Å². The third-order valence-corrected chi connectivity index (χ3v) is 5.56. The summed E-state index contributed by atoms with van der Waals surface area (Å²) < 4.78 is 0. The molecule has 2 atom stereocenters. The van der Waals surface area contributed by atoms with E-state index in [0.717, 1.165) is 29.3 Å². The maximum atomic E-state index is 13.0. The lowest BCUT2D eigenvalue weighted by atomic mass is 10.00. The van der Waals surface area contributed by atoms with Gasteiger partial charge in [0.25, 0.3) is 11.8 Å². The maximum Gasteiger partial charge on any atom is 0.277 e. The third kappa shape index (κ3) is 5.07. The first-order valence-corrected chi connectivity index (χ1v) is 10.6. The molecule has 8 heteroatoms. The number of carbonyl (C=O) groups excluding carboxylic acids is 2. The lowest BCUT2D eigenvalue weighted by Crippen LogP contribution is -2.53. The van der Waals surface area contributed by atoms with E-state index in [2.05, 4.69) is 10.3 Å². The molecule has 3 aromatic rings. The van der Waals surface area contributed by atoms with Crippen molar-refractivity contribution in [3.63, 3.8) is 0 Å². The second-order valence-corrected chi connectivity index (χ2v) is 8.05. The molecule has 162 valence electrons. The Bertz CT molecular complexity index is 1060. The molecule has 0 spiro atoms. The van der Waals surface area contributed by atoms with Crippen LogP contribution in [0.4, 0.5) is 0 Å². The molecular weight excluding hydrogens is 418 g/mol. The van der Waals surface area contributed by atoms with Gasteiger partial charge in [0.1, 0.15) is 5.69 Å². The number of halogens is 1. The smallest absolute Gasteiger partial charge is 0.277 e. The van der Waals surface area contributed by atoms with Crippen molar-refractivity contribution in [3.05, 3.63) is 70.9 Å². The molecule has 1 saturated heterocycles. The molecule has 4 rings (SSSR count). The number of fused-ring (bicyclic) bond motifs is 1. The number of nitrogens with zero attached hydrogens (tertiary/aromatic N) is 1. The zero-order chi connectivity index (χ0) is 21.8. The van der Waals surface area contributed by atoms with Crippen molar-refractivity contribution in [3.8, 4) is 0 Å². The van der Waals surface area contributed by atoms with Gasteiger partial charge in [-0.25, -0.2) is 5.06 Å². The molecule has 0 bridgehead atoms. The number of carbonyl (C=O) groups is 2. The Morgan fingerprint density at radius 1 is 1.16 bits per heavy atom. The molecule has 1 aromatic heterocycles. The SMILES string of the molecule is O=C(N[C@@H](Cc1ccccc1)[C@@H](O)C(=O)N1CCCCO1)c1cc2cc(Cl)ccc2[nH]1. The number of rotatable bonds is 6. The molecule has 0 saturated carbocycles. The highest BCUT2D eigenvalue weighted by molar-refractivity contribution is 6.31. The predicted molar refractivity (Wildman–Crippen MR) is 118 cm³/mol. The van der Waals surface area contributed by atoms with Crippen molar-refractivity contribution in [2.75, 3.05) is 13.2 Å². The van der Waals surface area contributed by atoms with E-state index in [0.29, 0.717) is 30.3 Å². The molecule has 1 fully saturated rings. The molecule has 2 heterocycles. The van der Waals surface area contributed by atoms with E-state index in [9.17, 15) is 14.7 Å². The number of aliphatic hydroxyl groups is 1. The number of amides is 2. The summed E-state index contributed by atoms with van der Waals surface area (Å²) in [7, 11) is 0. The Morgan fingerprint density at radius 3 is 2.71 bits per heavy atom. The van der Waals surface area contributed by atoms with E-state index in [1.165, 1.54) is 5.06 Å². The molecule has 3 N–H and O–H groups in total. The average molecular weight is 442 g/mol. The van der Waals surface area contributed by atoms with E-state index >= 15 is 0 Å². The van der Waals surface area contributed by atoms with Crippen LogP contribution in [-0.2, 0) is 16.1 Å². The highest BCUT2D eigenvalue weighted by Gasteiger charge is 2.33. The van der Waals surface area contributed by atoms with Crippen LogP contribution in [0.2, 0.25) is 5.02 Å². The normalized spacial score (nSPS) is 16.1. The van der Waals surface area contributed by atoms with Crippen molar-refractivity contribution >= 4 is 34.3 Å². The minimum atomic E-state index is -1.44. The Morgan fingerprint density at radius 2 is 1.97 bits per heavy atom. The number of benzene rings is 2. The van der Waals surface area contributed by atoms with Gasteiger partial charge >= 0.3 is 0 Å². The summed E-state index contributed by atoms with van der Waals surface area (Å²) in [6.45, 7) is 0.858. The minimum Gasteiger partial charge on any atom is -0.381 e. The zero-order valence-electron chi connectivity index (χ0n) is 16.9. The number of hydroxylamine groups is 2. The third-order valence-electron chi connectivity index (χ3n) is 5.32. The first-order valence-electron chi connectivity index (χ1n) is 10.3. The largest absolute Gasteiger partial charge is 0.381 e. The van der Waals surface area contributed by atoms with E-state index in [4.69, 9.17) is 16.4 Å². The van der Waals surface area contributed by atoms with E-state index in [1.807, 2.05) is 30.3 Å². The van der Waals surface area contributed by atoms with Crippen LogP contribution in [0.15, 0.2) is 54.6 Å². The summed E-state index contributed by atoms with van der Waals surface area (Å²) >= 11 is 6.03. The van der Waals surface area contributed by atoms with Crippen LogP contribution < -0.4 is 5.32 Å². The summed E-state index contributed by atoms with van der Waals surface area (Å²) in [5, 5.41) is 16.2. The van der Waals surface area contributed by atoms with Gasteiger partial charge in [-0.1, -0.05) is 41.9 Å². The van der Waals surface area contributed by atoms with Crippen molar-refractivity contribution in [1.82, 2.24) is 15.4 Å². The quantitative estimate of drug-likeness (QED) is 0.548. The second kappa shape index (κ2) is 9.51. The van der Waals surface area contributed by atoms with Crippen LogP contribution in [0.5, 0.6) is 0 Å². The summed E-state index contributed by atoms with van der Waals surface area (Å²) in [6.07, 6.45) is 0.528. The van der Waals surface area contributed by atoms with Crippen LogP contribution in [-0.4, -0.2) is 52.3 Å². The lowest BCUT2D eigenvalue weighted by molar-refractivity contribution is -0.205. The number of aromatic amines is 1. The molecule has 2 aromatic carbocycles. The highest BCUT2D eigenvalue weighted by atomic mass is 35.5. The maximum absolute atomic E-state index is 13.0. The number of hydrogen-bond donors (Lipinski definition) is 3. The first-order chi connectivity index (χ1) is 15.0. The molecule has 1 aliphatic heterocycles. The lowest BCUT2D eigenvalue weighted by Gasteiger charge is -2.31. The fourth-order valence-electron chi connectivity index (χ4n) is 3.67. The average Bonchev–Trinajstić information content (AvgIpc) is 3.22. The molecule has 0 aliphatic carbocycles. The van der Waals surface area contributed by atoms with Crippen LogP contribution in [0.3, 0.4) is 0 Å². The van der Waals surface area contributed by atoms with E-state index in [-0.39, 0.29) is 0 Å². The Kier molecular flexibility index (Phi) is 6.56. The van der Waals surface area contributed by atoms with Gasteiger partial charge in [-0.15, -0.1) is 0 Å². The van der Waals surface area contributed by atoms with Gasteiger partial charge in [0, 0.05) is 22.5 Å². The standard InChI is InChI=1S/C23H24ClN3O4/c24-17-8-9-18-16(13-17)14-20(25-18)22(29)26-19(12-15-6-2-1-3-7-15)21(28)23(30)27-10-4-5-11-31-27/h1-3,6-9,13-14,19,21,25,28H,4-5,10-12H2,(H,26,29)/t19-,21+/m0/s1. The van der Waals surface area contributed by atoms with Crippen molar-refractivity contribution in [1.29, 1.82) is 0 Å². The van der Waals surface area contributed by atoms with Gasteiger partial charge in [0.15, 0.2) is 6.10 Å². The minimum absolute atomic E-state index is 0.291. The molecule has 1 aliphatic rings. The number of hydrogen-bond acceptors (Lipinski definition) is 4. The van der Waals surface area contributed by atoms with Gasteiger partial charge in [-0.05, 0) is 49.1 Å². The number of H-pyrrole nitrogens is 1. The second-order valence-electron chi connectivity index (χ2n) is 7.61. The van der Waals surface area contributed by atoms with Crippen LogP contribution in [0, 0.1) is 0 Å². The van der Waals surface area contributed by atoms with Crippen molar-refractivity contribution in [2.45, 2.75) is 31.4 Å². The number of aromatic nitrogens is 1. The van der Waals surface area contributed by atoms with Crippen LogP contribution in [0.1, 0.15) is 28.9 Å². The molecule has 7 nitrogen and oxygen atoms in total. The van der Waals surface area contributed by atoms with Crippen LogP contribution in [0.25, 0.3) is 10.9 Å². The predicted octanol–water partition coefficient (Wildman–Crippen LogP) is 3.08. The molecule has 2 amide bonds. The van der Waals surface area contributed by atoms with E-state index in [1.54, 1.807) is 24.3 Å². The van der Waals surface area contributed by atoms with Gasteiger partial charge in [-0.2, -0.15) is 0 Å². The molecule has 0 unspecified atom stereocenters. The van der Waals surface area contributed by atoms with Crippen molar-refractivity contribution in [2.24, 2.45) is 0 Å². The Balaban J connectivity index is 1.55. The van der Waals surface area contributed by atoms with Crippen molar-refractivity contribution < 1.29 is 19.5 Å². The summed E-state index contributed by atoms with van der Waals surface area (Å²) in [5.74, 6) is -0.968. The number of aliphatic hydroxyl groups excluding tert-OH is 1. The van der Waals surface area contributed by atoms with Gasteiger partial charge < -0.3 is 15.4 Å². The Hall–Kier alpha value is -2.87.